The van der Waals surface area contributed by atoms with Gasteiger partial charge in [-0.25, -0.2) is 13.3 Å². The van der Waals surface area contributed by atoms with E-state index in [4.69, 9.17) is 26.5 Å². The standard InChI is InChI=1S/C21H17ClN4O5S2/c1-30-17-10-13(5-8-16(17)31-11-12-3-6-14(22)7-4-12)9-15-18(23)26-20(24-19(15)27)32-25-21(26)33(2,28)29/h3-10,23H,11H2,1-2H3. The van der Waals surface area contributed by atoms with Crippen molar-refractivity contribution in [1.82, 2.24) is 4.90 Å². The van der Waals surface area contributed by atoms with Crippen molar-refractivity contribution < 1.29 is 22.7 Å². The lowest BCUT2D eigenvalue weighted by Gasteiger charge is -2.23. The lowest BCUT2D eigenvalue weighted by atomic mass is 10.1. The van der Waals surface area contributed by atoms with E-state index in [-0.39, 0.29) is 21.7 Å². The van der Waals surface area contributed by atoms with Gasteiger partial charge in [-0.05, 0) is 41.5 Å². The molecular formula is C21H17ClN4O5S2. The predicted molar refractivity (Wildman–Crippen MR) is 129 cm³/mol. The Balaban J connectivity index is 1.59. The van der Waals surface area contributed by atoms with Crippen molar-refractivity contribution >= 4 is 61.5 Å². The predicted octanol–water partition coefficient (Wildman–Crippen LogP) is 3.55. The molecule has 0 saturated carbocycles. The second kappa shape index (κ2) is 9.00. The monoisotopic (exact) mass is 504 g/mol. The van der Waals surface area contributed by atoms with E-state index >= 15 is 0 Å². The molecule has 12 heteroatoms. The minimum absolute atomic E-state index is 0.0334. The zero-order chi connectivity index (χ0) is 23.8. The molecule has 2 aliphatic rings. The quantitative estimate of drug-likeness (QED) is 0.488. The van der Waals surface area contributed by atoms with Gasteiger partial charge in [0.05, 0.1) is 24.6 Å². The fraction of sp³-hybridized carbons (Fsp3) is 0.143. The van der Waals surface area contributed by atoms with E-state index in [1.165, 1.54) is 13.2 Å². The second-order valence-corrected chi connectivity index (χ2v) is 10.1. The number of methoxy groups -OCH3 is 1. The summed E-state index contributed by atoms with van der Waals surface area (Å²) in [7, 11) is -2.23. The number of amides is 1. The number of halogens is 1. The average molecular weight is 505 g/mol. The number of rotatable bonds is 5. The first-order valence-corrected chi connectivity index (χ1v) is 12.5. The Kier molecular flexibility index (Phi) is 6.28. The smallest absolute Gasteiger partial charge is 0.283 e. The lowest BCUT2D eigenvalue weighted by molar-refractivity contribution is -0.114. The van der Waals surface area contributed by atoms with Gasteiger partial charge in [-0.1, -0.05) is 29.8 Å². The number of nitrogens with one attached hydrogen (secondary N) is 1. The van der Waals surface area contributed by atoms with Gasteiger partial charge in [0.1, 0.15) is 12.4 Å². The number of carbonyl (C=O) groups excluding carboxylic acids is 1. The fourth-order valence-electron chi connectivity index (χ4n) is 3.04. The fourth-order valence-corrected chi connectivity index (χ4v) is 5.01. The first-order valence-electron chi connectivity index (χ1n) is 9.41. The normalized spacial score (nSPS) is 17.1. The van der Waals surface area contributed by atoms with Gasteiger partial charge in [-0.2, -0.15) is 9.39 Å². The van der Waals surface area contributed by atoms with Gasteiger partial charge in [0.15, 0.2) is 11.5 Å². The molecule has 0 spiro atoms. The maximum atomic E-state index is 12.5. The molecule has 0 bridgehead atoms. The van der Waals surface area contributed by atoms with E-state index in [1.54, 1.807) is 30.3 Å². The van der Waals surface area contributed by atoms with Crippen molar-refractivity contribution in [3.63, 3.8) is 0 Å². The highest BCUT2D eigenvalue weighted by molar-refractivity contribution is 8.16. The first-order chi connectivity index (χ1) is 15.7. The van der Waals surface area contributed by atoms with E-state index in [0.717, 1.165) is 28.7 Å². The van der Waals surface area contributed by atoms with Crippen LogP contribution in [0.4, 0.5) is 0 Å². The summed E-state index contributed by atoms with van der Waals surface area (Å²) < 4.78 is 39.1. The van der Waals surface area contributed by atoms with Gasteiger partial charge in [-0.3, -0.25) is 10.2 Å². The molecule has 0 aliphatic carbocycles. The Bertz CT molecular complexity index is 1350. The molecule has 0 saturated heterocycles. The van der Waals surface area contributed by atoms with Crippen LogP contribution in [0.3, 0.4) is 0 Å². The van der Waals surface area contributed by atoms with Crippen LogP contribution in [0, 0.1) is 5.41 Å². The Morgan fingerprint density at radius 3 is 2.58 bits per heavy atom. The number of nitrogens with zero attached hydrogens (tertiary/aromatic N) is 3. The number of benzene rings is 2. The van der Waals surface area contributed by atoms with Crippen LogP contribution in [0.25, 0.3) is 6.08 Å². The van der Waals surface area contributed by atoms with E-state index in [0.29, 0.717) is 28.7 Å². The van der Waals surface area contributed by atoms with Gasteiger partial charge >= 0.3 is 0 Å². The summed E-state index contributed by atoms with van der Waals surface area (Å²) >= 11 is 6.64. The molecule has 4 rings (SSSR count). The van der Waals surface area contributed by atoms with Crippen molar-refractivity contribution in [2.24, 2.45) is 9.39 Å². The number of carbonyl (C=O) groups is 1. The molecule has 0 unspecified atom stereocenters. The highest BCUT2D eigenvalue weighted by atomic mass is 35.5. The van der Waals surface area contributed by atoms with E-state index in [2.05, 4.69) is 9.39 Å². The summed E-state index contributed by atoms with van der Waals surface area (Å²) in [6.45, 7) is 0.300. The topological polar surface area (TPSA) is 121 Å². The summed E-state index contributed by atoms with van der Waals surface area (Å²) in [4.78, 5) is 17.4. The number of sulfone groups is 1. The average Bonchev–Trinajstić information content (AvgIpc) is 3.21. The Labute approximate surface area is 199 Å². The SMILES string of the molecule is COc1cc(C=C2C(=N)N3C(=NC2=O)SN=C3S(C)(=O)=O)ccc1OCc1ccc(Cl)cc1. The van der Waals surface area contributed by atoms with Crippen LogP contribution in [0.15, 0.2) is 57.4 Å². The van der Waals surface area contributed by atoms with Crippen LogP contribution < -0.4 is 9.47 Å². The third-order valence-corrected chi connectivity index (χ3v) is 6.64. The first kappa shape index (κ1) is 23.0. The number of ether oxygens (including phenoxy) is 2. The third-order valence-electron chi connectivity index (χ3n) is 4.63. The van der Waals surface area contributed by atoms with Crippen LogP contribution >= 0.6 is 23.5 Å². The molecule has 2 aliphatic heterocycles. The molecule has 33 heavy (non-hydrogen) atoms. The van der Waals surface area contributed by atoms with Crippen LogP contribution in [-0.2, 0) is 21.2 Å². The molecule has 0 radical (unpaired) electrons. The molecule has 0 aromatic heterocycles. The highest BCUT2D eigenvalue weighted by Crippen LogP contribution is 2.32. The lowest BCUT2D eigenvalue weighted by Crippen LogP contribution is -2.45. The Morgan fingerprint density at radius 1 is 1.18 bits per heavy atom. The number of aliphatic imine (C=N–C) groups is 1. The second-order valence-electron chi connectivity index (χ2n) is 7.00. The molecule has 1 N–H and O–H groups in total. The zero-order valence-corrected chi connectivity index (χ0v) is 19.8. The Hall–Kier alpha value is -3.15. The molecule has 2 aromatic rings. The van der Waals surface area contributed by atoms with Crippen molar-refractivity contribution in [3.05, 3.63) is 64.2 Å². The molecule has 0 atom stereocenters. The number of hydrogen-bond acceptors (Lipinski definition) is 8. The van der Waals surface area contributed by atoms with E-state index < -0.39 is 15.7 Å². The maximum Gasteiger partial charge on any atom is 0.283 e. The largest absolute Gasteiger partial charge is 0.493 e. The Morgan fingerprint density at radius 2 is 1.91 bits per heavy atom. The highest BCUT2D eigenvalue weighted by Gasteiger charge is 2.41. The number of amidine groups is 3. The van der Waals surface area contributed by atoms with Crippen LogP contribution in [-0.4, -0.2) is 48.8 Å². The zero-order valence-electron chi connectivity index (χ0n) is 17.4. The van der Waals surface area contributed by atoms with Gasteiger partial charge < -0.3 is 9.47 Å². The summed E-state index contributed by atoms with van der Waals surface area (Å²) in [6.07, 6.45) is 2.43. The summed E-state index contributed by atoms with van der Waals surface area (Å²) in [5, 5.41) is 8.75. The van der Waals surface area contributed by atoms with Crippen LogP contribution in [0.1, 0.15) is 11.1 Å². The van der Waals surface area contributed by atoms with Crippen molar-refractivity contribution in [2.75, 3.05) is 13.4 Å². The van der Waals surface area contributed by atoms with Gasteiger partial charge in [0, 0.05) is 11.3 Å². The van der Waals surface area contributed by atoms with Crippen molar-refractivity contribution in [3.8, 4) is 11.5 Å². The summed E-state index contributed by atoms with van der Waals surface area (Å²) in [6, 6.07) is 12.3. The van der Waals surface area contributed by atoms with Crippen LogP contribution in [0.2, 0.25) is 5.02 Å². The molecule has 170 valence electrons. The van der Waals surface area contributed by atoms with Crippen molar-refractivity contribution in [1.29, 1.82) is 5.41 Å². The van der Waals surface area contributed by atoms with Gasteiger partial charge in [0.2, 0.25) is 20.2 Å². The maximum absolute atomic E-state index is 12.5. The van der Waals surface area contributed by atoms with Gasteiger partial charge in [-0.15, -0.1) is 0 Å². The van der Waals surface area contributed by atoms with Crippen molar-refractivity contribution in [2.45, 2.75) is 6.61 Å². The van der Waals surface area contributed by atoms with Crippen LogP contribution in [0.5, 0.6) is 11.5 Å². The minimum Gasteiger partial charge on any atom is -0.493 e. The third kappa shape index (κ3) is 4.80. The molecule has 9 nitrogen and oxygen atoms in total. The molecule has 2 heterocycles. The number of fused-ring (bicyclic) bond motifs is 1. The summed E-state index contributed by atoms with van der Waals surface area (Å²) in [5.74, 6) is -0.0678. The molecule has 0 fully saturated rings. The molecule has 1 amide bonds. The van der Waals surface area contributed by atoms with E-state index in [9.17, 15) is 13.2 Å². The molecular weight excluding hydrogens is 488 g/mol. The summed E-state index contributed by atoms with van der Waals surface area (Å²) in [5.41, 5.74) is 1.39. The van der Waals surface area contributed by atoms with Gasteiger partial charge in [0.25, 0.3) is 5.91 Å². The minimum atomic E-state index is -3.72. The number of hydrogen-bond donors (Lipinski definition) is 1. The van der Waals surface area contributed by atoms with E-state index in [1.807, 2.05) is 12.1 Å². The molecule has 2 aromatic carbocycles.